The highest BCUT2D eigenvalue weighted by Crippen LogP contribution is 2.31. The largest absolute Gasteiger partial charge is 0.461 e. The van der Waals surface area contributed by atoms with Crippen molar-refractivity contribution < 1.29 is 18.7 Å². The predicted octanol–water partition coefficient (Wildman–Crippen LogP) is 5.28. The second-order valence-electron chi connectivity index (χ2n) is 7.22. The standard InChI is InChI=1S/C24H16ClN3O5S/c1-2-32-24(31)20-16-12-34-22(26-21(29)18-10-13-6-3-4-9-17(13)33-18)19(16)23(30)28(27-20)15-8-5-7-14(25)11-15/h3-12H,2H2,1H3,(H,26,29). The number of furan rings is 1. The van der Waals surface area contributed by atoms with Gasteiger partial charge < -0.3 is 14.5 Å². The van der Waals surface area contributed by atoms with E-state index in [0.29, 0.717) is 16.3 Å². The molecule has 3 aromatic heterocycles. The molecule has 8 nitrogen and oxygen atoms in total. The molecule has 1 N–H and O–H groups in total. The molecule has 0 radical (unpaired) electrons. The van der Waals surface area contributed by atoms with E-state index in [4.69, 9.17) is 20.8 Å². The van der Waals surface area contributed by atoms with Crippen LogP contribution in [-0.2, 0) is 4.74 Å². The first-order chi connectivity index (χ1) is 16.5. The van der Waals surface area contributed by atoms with Crippen molar-refractivity contribution in [2.75, 3.05) is 11.9 Å². The lowest BCUT2D eigenvalue weighted by atomic mass is 10.2. The van der Waals surface area contributed by atoms with Crippen molar-refractivity contribution in [3.8, 4) is 5.69 Å². The molecule has 0 aliphatic rings. The van der Waals surface area contributed by atoms with Crippen molar-refractivity contribution in [1.29, 1.82) is 0 Å². The minimum Gasteiger partial charge on any atom is -0.461 e. The second kappa shape index (κ2) is 8.77. The van der Waals surface area contributed by atoms with Crippen LogP contribution in [0.4, 0.5) is 5.00 Å². The van der Waals surface area contributed by atoms with Crippen LogP contribution in [0.1, 0.15) is 28.0 Å². The number of rotatable bonds is 5. The molecule has 1 amide bonds. The van der Waals surface area contributed by atoms with Gasteiger partial charge in [-0.05, 0) is 37.3 Å². The van der Waals surface area contributed by atoms with E-state index < -0.39 is 17.4 Å². The predicted molar refractivity (Wildman–Crippen MR) is 130 cm³/mol. The summed E-state index contributed by atoms with van der Waals surface area (Å²) in [6.07, 6.45) is 0. The highest BCUT2D eigenvalue weighted by Gasteiger charge is 2.24. The fourth-order valence-corrected chi connectivity index (χ4v) is 4.65. The van der Waals surface area contributed by atoms with Gasteiger partial charge in [0, 0.05) is 21.2 Å². The van der Waals surface area contributed by atoms with Gasteiger partial charge in [0.15, 0.2) is 11.5 Å². The third-order valence-corrected chi connectivity index (χ3v) is 6.18. The molecule has 0 aliphatic heterocycles. The number of thiophene rings is 1. The van der Waals surface area contributed by atoms with Crippen LogP contribution in [0.5, 0.6) is 0 Å². The Morgan fingerprint density at radius 3 is 2.76 bits per heavy atom. The monoisotopic (exact) mass is 493 g/mol. The lowest BCUT2D eigenvalue weighted by Gasteiger charge is -2.10. The van der Waals surface area contributed by atoms with Crippen LogP contribution in [0.15, 0.2) is 69.2 Å². The van der Waals surface area contributed by atoms with Crippen molar-refractivity contribution in [2.24, 2.45) is 0 Å². The van der Waals surface area contributed by atoms with Crippen LogP contribution < -0.4 is 10.9 Å². The summed E-state index contributed by atoms with van der Waals surface area (Å²) in [5.74, 6) is -1.11. The first-order valence-electron chi connectivity index (χ1n) is 10.2. The van der Waals surface area contributed by atoms with Crippen LogP contribution in [0, 0.1) is 0 Å². The number of amides is 1. The molecule has 0 bridgehead atoms. The van der Waals surface area contributed by atoms with Crippen LogP contribution in [0.2, 0.25) is 5.02 Å². The number of esters is 1. The summed E-state index contributed by atoms with van der Waals surface area (Å²) < 4.78 is 11.8. The minimum absolute atomic E-state index is 0.0445. The Morgan fingerprint density at radius 2 is 2.00 bits per heavy atom. The maximum Gasteiger partial charge on any atom is 0.359 e. The Kier molecular flexibility index (Phi) is 5.64. The van der Waals surface area contributed by atoms with Crippen molar-refractivity contribution in [1.82, 2.24) is 9.78 Å². The number of carbonyl (C=O) groups excluding carboxylic acids is 2. The van der Waals surface area contributed by atoms with Gasteiger partial charge >= 0.3 is 5.97 Å². The number of nitrogens with zero attached hydrogens (tertiary/aromatic N) is 2. The van der Waals surface area contributed by atoms with Gasteiger partial charge in [-0.15, -0.1) is 11.3 Å². The Bertz CT molecular complexity index is 1600. The molecule has 10 heteroatoms. The van der Waals surface area contributed by atoms with E-state index in [-0.39, 0.29) is 33.8 Å². The van der Waals surface area contributed by atoms with Gasteiger partial charge in [-0.1, -0.05) is 35.9 Å². The normalized spacial score (nSPS) is 11.1. The smallest absolute Gasteiger partial charge is 0.359 e. The molecule has 0 atom stereocenters. The molecule has 170 valence electrons. The quantitative estimate of drug-likeness (QED) is 0.334. The van der Waals surface area contributed by atoms with Gasteiger partial charge in [0.25, 0.3) is 11.5 Å². The summed E-state index contributed by atoms with van der Waals surface area (Å²) in [5.41, 5.74) is 0.370. The SMILES string of the molecule is CCOC(=O)c1nn(-c2cccc(Cl)c2)c(=O)c2c(NC(=O)c3cc4ccccc4o3)scc12. The summed E-state index contributed by atoms with van der Waals surface area (Å²) in [6.45, 7) is 1.81. The van der Waals surface area contributed by atoms with Crippen molar-refractivity contribution in [3.05, 3.63) is 86.8 Å². The number of carbonyl (C=O) groups is 2. The van der Waals surface area contributed by atoms with Crippen molar-refractivity contribution >= 4 is 61.6 Å². The number of benzene rings is 2. The summed E-state index contributed by atoms with van der Waals surface area (Å²) in [4.78, 5) is 39.0. The average molecular weight is 494 g/mol. The third kappa shape index (κ3) is 3.85. The fraction of sp³-hybridized carbons (Fsp3) is 0.0833. The number of aromatic nitrogens is 2. The van der Waals surface area contributed by atoms with Gasteiger partial charge in [0.2, 0.25) is 0 Å². The Balaban J connectivity index is 1.64. The summed E-state index contributed by atoms with van der Waals surface area (Å²) in [7, 11) is 0. The zero-order valence-corrected chi connectivity index (χ0v) is 19.3. The summed E-state index contributed by atoms with van der Waals surface area (Å²) in [6, 6.07) is 15.4. The van der Waals surface area contributed by atoms with E-state index >= 15 is 0 Å². The number of fused-ring (bicyclic) bond motifs is 2. The van der Waals surface area contributed by atoms with E-state index in [1.807, 2.05) is 18.2 Å². The molecule has 0 aliphatic carbocycles. The molecule has 3 heterocycles. The number of hydrogen-bond acceptors (Lipinski definition) is 7. The van der Waals surface area contributed by atoms with Crippen molar-refractivity contribution in [3.63, 3.8) is 0 Å². The van der Waals surface area contributed by atoms with E-state index in [1.54, 1.807) is 48.7 Å². The highest BCUT2D eigenvalue weighted by atomic mass is 35.5. The molecule has 5 aromatic rings. The van der Waals surface area contributed by atoms with Crippen LogP contribution in [-0.4, -0.2) is 28.3 Å². The number of nitrogens with one attached hydrogen (secondary N) is 1. The first-order valence-corrected chi connectivity index (χ1v) is 11.5. The number of anilines is 1. The lowest BCUT2D eigenvalue weighted by Crippen LogP contribution is -2.25. The number of para-hydroxylation sites is 1. The summed E-state index contributed by atoms with van der Waals surface area (Å²) >= 11 is 7.20. The number of ether oxygens (including phenoxy) is 1. The molecule has 0 saturated carbocycles. The zero-order valence-electron chi connectivity index (χ0n) is 17.7. The topological polar surface area (TPSA) is 103 Å². The molecule has 5 rings (SSSR count). The number of hydrogen-bond donors (Lipinski definition) is 1. The fourth-order valence-electron chi connectivity index (χ4n) is 3.53. The van der Waals surface area contributed by atoms with E-state index in [9.17, 15) is 14.4 Å². The van der Waals surface area contributed by atoms with E-state index in [2.05, 4.69) is 10.4 Å². The minimum atomic E-state index is -0.684. The molecular weight excluding hydrogens is 478 g/mol. The molecule has 0 spiro atoms. The van der Waals surface area contributed by atoms with E-state index in [1.165, 1.54) is 0 Å². The van der Waals surface area contributed by atoms with Gasteiger partial charge in [-0.3, -0.25) is 9.59 Å². The van der Waals surface area contributed by atoms with Crippen LogP contribution in [0.25, 0.3) is 27.4 Å². The van der Waals surface area contributed by atoms with Gasteiger partial charge in [-0.25, -0.2) is 4.79 Å². The third-order valence-electron chi connectivity index (χ3n) is 5.05. The highest BCUT2D eigenvalue weighted by molar-refractivity contribution is 7.16. The number of halogens is 1. The summed E-state index contributed by atoms with van der Waals surface area (Å²) in [5, 5.41) is 10.4. The van der Waals surface area contributed by atoms with Gasteiger partial charge in [-0.2, -0.15) is 9.78 Å². The lowest BCUT2D eigenvalue weighted by molar-refractivity contribution is 0.0520. The van der Waals surface area contributed by atoms with Crippen molar-refractivity contribution in [2.45, 2.75) is 6.92 Å². The Hall–Kier alpha value is -3.95. The molecule has 0 saturated heterocycles. The Labute approximate surface area is 201 Å². The molecule has 34 heavy (non-hydrogen) atoms. The molecular formula is C24H16ClN3O5S. The van der Waals surface area contributed by atoms with Crippen LogP contribution >= 0.6 is 22.9 Å². The average Bonchev–Trinajstić information content (AvgIpc) is 3.44. The van der Waals surface area contributed by atoms with Gasteiger partial charge in [0.05, 0.1) is 17.7 Å². The first kappa shape index (κ1) is 21.9. The second-order valence-corrected chi connectivity index (χ2v) is 8.54. The Morgan fingerprint density at radius 1 is 1.18 bits per heavy atom. The van der Waals surface area contributed by atoms with Gasteiger partial charge in [0.1, 0.15) is 10.6 Å². The zero-order chi connectivity index (χ0) is 23.8. The molecule has 0 unspecified atom stereocenters. The van der Waals surface area contributed by atoms with Crippen LogP contribution in [0.3, 0.4) is 0 Å². The maximum atomic E-state index is 13.5. The maximum absolute atomic E-state index is 13.5. The molecule has 0 fully saturated rings. The molecule has 2 aromatic carbocycles. The van der Waals surface area contributed by atoms with E-state index in [0.717, 1.165) is 21.4 Å².